The Morgan fingerprint density at radius 3 is 2.57 bits per heavy atom. The number of halogens is 2. The van der Waals surface area contributed by atoms with Crippen molar-refractivity contribution < 1.29 is 0 Å². The summed E-state index contributed by atoms with van der Waals surface area (Å²) in [5, 5.41) is 8.61. The molecule has 72 valence electrons. The maximum Gasteiger partial charge on any atom is 0.229 e. The highest BCUT2D eigenvalue weighted by Crippen LogP contribution is 2.19. The van der Waals surface area contributed by atoms with Crippen LogP contribution >= 0.6 is 23.2 Å². The van der Waals surface area contributed by atoms with Gasteiger partial charge in [0.2, 0.25) is 5.28 Å². The van der Waals surface area contributed by atoms with Gasteiger partial charge in [-0.25, -0.2) is 0 Å². The lowest BCUT2D eigenvalue weighted by atomic mass is 10.3. The van der Waals surface area contributed by atoms with E-state index in [1.165, 1.54) is 0 Å². The molecular formula is C9H7Cl2N3. The van der Waals surface area contributed by atoms with Gasteiger partial charge in [-0.1, -0.05) is 17.7 Å². The molecule has 0 amide bonds. The Morgan fingerprint density at radius 1 is 1.21 bits per heavy atom. The lowest BCUT2D eigenvalue weighted by Crippen LogP contribution is -1.96. The molecule has 0 N–H and O–H groups in total. The van der Waals surface area contributed by atoms with Gasteiger partial charge in [-0.05, 0) is 36.7 Å². The van der Waals surface area contributed by atoms with Gasteiger partial charge in [-0.15, -0.1) is 10.2 Å². The predicted octanol–water partition coefficient (Wildman–Crippen LogP) is 2.88. The van der Waals surface area contributed by atoms with Crippen molar-refractivity contribution in [3.05, 3.63) is 40.4 Å². The molecule has 2 aromatic rings. The molecule has 0 saturated heterocycles. The number of nitrogens with zero attached hydrogens (tertiary/aromatic N) is 3. The van der Waals surface area contributed by atoms with Crippen LogP contribution in [0.1, 0.15) is 5.82 Å². The highest BCUT2D eigenvalue weighted by atomic mass is 35.5. The van der Waals surface area contributed by atoms with E-state index in [9.17, 15) is 0 Å². The van der Waals surface area contributed by atoms with Gasteiger partial charge < -0.3 is 0 Å². The summed E-state index contributed by atoms with van der Waals surface area (Å²) in [4.78, 5) is 0. The molecule has 0 radical (unpaired) electrons. The second kappa shape index (κ2) is 3.59. The minimum Gasteiger partial charge on any atom is -0.270 e. The molecule has 1 aromatic heterocycles. The largest absolute Gasteiger partial charge is 0.270 e. The van der Waals surface area contributed by atoms with Crippen molar-refractivity contribution in [3.8, 4) is 5.69 Å². The molecule has 5 heteroatoms. The van der Waals surface area contributed by atoms with Gasteiger partial charge in [0.1, 0.15) is 5.82 Å². The fourth-order valence-electron chi connectivity index (χ4n) is 1.25. The molecule has 0 saturated carbocycles. The number of hydrogen-bond donors (Lipinski definition) is 0. The quantitative estimate of drug-likeness (QED) is 0.751. The minimum absolute atomic E-state index is 0.338. The van der Waals surface area contributed by atoms with Crippen LogP contribution in [-0.4, -0.2) is 14.8 Å². The summed E-state index contributed by atoms with van der Waals surface area (Å²) in [6.45, 7) is 1.83. The smallest absolute Gasteiger partial charge is 0.229 e. The summed E-state index contributed by atoms with van der Waals surface area (Å²) in [6, 6.07) is 7.37. The van der Waals surface area contributed by atoms with Crippen LogP contribution in [0.2, 0.25) is 10.3 Å². The maximum atomic E-state index is 5.88. The Balaban J connectivity index is 2.59. The van der Waals surface area contributed by atoms with Gasteiger partial charge in [0, 0.05) is 5.02 Å². The van der Waals surface area contributed by atoms with Gasteiger partial charge in [0.15, 0.2) is 0 Å². The van der Waals surface area contributed by atoms with E-state index in [0.717, 1.165) is 11.5 Å². The first kappa shape index (κ1) is 9.49. The molecule has 14 heavy (non-hydrogen) atoms. The van der Waals surface area contributed by atoms with E-state index in [1.54, 1.807) is 10.6 Å². The van der Waals surface area contributed by atoms with Crippen LogP contribution in [-0.2, 0) is 0 Å². The number of aryl methyl sites for hydroxylation is 1. The molecule has 2 rings (SSSR count). The predicted molar refractivity (Wildman–Crippen MR) is 56.1 cm³/mol. The van der Waals surface area contributed by atoms with Crippen molar-refractivity contribution >= 4 is 23.2 Å². The first-order valence-corrected chi connectivity index (χ1v) is 4.77. The van der Waals surface area contributed by atoms with Gasteiger partial charge in [0.05, 0.1) is 5.69 Å². The minimum atomic E-state index is 0.338. The number of benzene rings is 1. The summed E-state index contributed by atoms with van der Waals surface area (Å²) < 4.78 is 1.73. The first-order valence-electron chi connectivity index (χ1n) is 4.02. The van der Waals surface area contributed by atoms with Crippen molar-refractivity contribution in [3.63, 3.8) is 0 Å². The zero-order valence-corrected chi connectivity index (χ0v) is 8.92. The topological polar surface area (TPSA) is 30.7 Å². The van der Waals surface area contributed by atoms with Crippen LogP contribution in [0.5, 0.6) is 0 Å². The van der Waals surface area contributed by atoms with E-state index < -0.39 is 0 Å². The number of hydrogen-bond acceptors (Lipinski definition) is 2. The van der Waals surface area contributed by atoms with E-state index >= 15 is 0 Å². The highest BCUT2D eigenvalue weighted by molar-refractivity contribution is 6.31. The molecule has 0 bridgehead atoms. The molecule has 0 aliphatic carbocycles. The zero-order valence-electron chi connectivity index (χ0n) is 7.41. The molecule has 1 heterocycles. The van der Waals surface area contributed by atoms with Crippen molar-refractivity contribution in [1.29, 1.82) is 0 Å². The summed E-state index contributed by atoms with van der Waals surface area (Å²) >= 11 is 11.7. The van der Waals surface area contributed by atoms with Crippen LogP contribution in [0.3, 0.4) is 0 Å². The van der Waals surface area contributed by atoms with Crippen LogP contribution in [0.25, 0.3) is 5.69 Å². The molecular weight excluding hydrogens is 221 g/mol. The molecule has 0 atom stereocenters. The summed E-state index contributed by atoms with van der Waals surface area (Å²) in [5.74, 6) is 0.734. The second-order valence-corrected chi connectivity index (χ2v) is 3.61. The molecule has 0 unspecified atom stereocenters. The second-order valence-electron chi connectivity index (χ2n) is 2.83. The molecule has 0 aliphatic rings. The lowest BCUT2D eigenvalue weighted by Gasteiger charge is -2.04. The van der Waals surface area contributed by atoms with Crippen molar-refractivity contribution in [1.82, 2.24) is 14.8 Å². The Labute approximate surface area is 91.3 Å². The molecule has 1 aromatic carbocycles. The van der Waals surface area contributed by atoms with Crippen molar-refractivity contribution in [2.75, 3.05) is 0 Å². The SMILES string of the molecule is Cc1nnc(Cl)n1-c1cccc(Cl)c1. The van der Waals surface area contributed by atoms with Crippen LogP contribution in [0.15, 0.2) is 24.3 Å². The van der Waals surface area contributed by atoms with E-state index in [-0.39, 0.29) is 0 Å². The fourth-order valence-corrected chi connectivity index (χ4v) is 1.69. The number of aromatic nitrogens is 3. The fraction of sp³-hybridized carbons (Fsp3) is 0.111. The van der Waals surface area contributed by atoms with Gasteiger partial charge in [-0.3, -0.25) is 4.57 Å². The Morgan fingerprint density at radius 2 is 2.00 bits per heavy atom. The van der Waals surface area contributed by atoms with Gasteiger partial charge in [0.25, 0.3) is 0 Å². The molecule has 0 aliphatic heterocycles. The Hall–Kier alpha value is -1.06. The highest BCUT2D eigenvalue weighted by Gasteiger charge is 2.07. The standard InChI is InChI=1S/C9H7Cl2N3/c1-6-12-13-9(11)14(6)8-4-2-3-7(10)5-8/h2-5H,1H3. The summed E-state index contributed by atoms with van der Waals surface area (Å²) in [5.41, 5.74) is 0.866. The van der Waals surface area contributed by atoms with E-state index in [2.05, 4.69) is 10.2 Å². The van der Waals surface area contributed by atoms with Crippen LogP contribution in [0, 0.1) is 6.92 Å². The van der Waals surface area contributed by atoms with Crippen LogP contribution in [0.4, 0.5) is 0 Å². The third-order valence-corrected chi connectivity index (χ3v) is 2.33. The number of rotatable bonds is 1. The maximum absolute atomic E-state index is 5.88. The Kier molecular flexibility index (Phi) is 2.44. The van der Waals surface area contributed by atoms with Crippen molar-refractivity contribution in [2.24, 2.45) is 0 Å². The normalized spacial score (nSPS) is 10.5. The molecule has 0 spiro atoms. The van der Waals surface area contributed by atoms with Crippen molar-refractivity contribution in [2.45, 2.75) is 6.92 Å². The monoisotopic (exact) mass is 227 g/mol. The van der Waals surface area contributed by atoms with Crippen LogP contribution < -0.4 is 0 Å². The third-order valence-electron chi connectivity index (χ3n) is 1.85. The summed E-state index contributed by atoms with van der Waals surface area (Å²) in [7, 11) is 0. The zero-order chi connectivity index (χ0) is 10.1. The third kappa shape index (κ3) is 1.61. The van der Waals surface area contributed by atoms with Gasteiger partial charge >= 0.3 is 0 Å². The average Bonchev–Trinajstić information content (AvgIpc) is 2.46. The van der Waals surface area contributed by atoms with E-state index in [4.69, 9.17) is 23.2 Å². The van der Waals surface area contributed by atoms with E-state index in [1.807, 2.05) is 25.1 Å². The molecule has 0 fully saturated rings. The Bertz CT molecular complexity index is 445. The van der Waals surface area contributed by atoms with E-state index in [0.29, 0.717) is 10.3 Å². The first-order chi connectivity index (χ1) is 6.68. The lowest BCUT2D eigenvalue weighted by molar-refractivity contribution is 0.970. The van der Waals surface area contributed by atoms with Gasteiger partial charge in [-0.2, -0.15) is 0 Å². The summed E-state index contributed by atoms with van der Waals surface area (Å²) in [6.07, 6.45) is 0. The molecule has 3 nitrogen and oxygen atoms in total. The average molecular weight is 228 g/mol.